The number of carbonyl (C=O) groups excluding carboxylic acids is 2. The Balaban J connectivity index is 1.66. The number of carbonyl (C=O) groups is 2. The van der Waals surface area contributed by atoms with Gasteiger partial charge in [0.15, 0.2) is 11.5 Å². The average Bonchev–Trinajstić information content (AvgIpc) is 2.68. The monoisotopic (exact) mass is 431 g/mol. The van der Waals surface area contributed by atoms with Crippen LogP contribution in [0.1, 0.15) is 49.0 Å². The van der Waals surface area contributed by atoms with Crippen LogP contribution in [0.2, 0.25) is 0 Å². The zero-order valence-corrected chi connectivity index (χ0v) is 16.7. The first-order valence-electron chi connectivity index (χ1n) is 9.91. The van der Waals surface area contributed by atoms with Gasteiger partial charge in [0, 0.05) is 44.1 Å². The number of amides is 2. The Morgan fingerprint density at radius 1 is 1.30 bits per heavy atom. The van der Waals surface area contributed by atoms with E-state index in [-0.39, 0.29) is 55.5 Å². The van der Waals surface area contributed by atoms with Crippen molar-refractivity contribution < 1.29 is 27.2 Å². The molecule has 0 bridgehead atoms. The van der Waals surface area contributed by atoms with E-state index in [0.717, 1.165) is 6.42 Å². The number of likely N-dealkylation sites (tertiary alicyclic amines) is 1. The number of fused-ring (bicyclic) bond motifs is 1. The first kappa shape index (κ1) is 22.4. The molecule has 2 amide bonds. The SMILES string of the molecule is C[C@@H]1CCC(=O)N(C[C@@H](N)CC(=O)N2CCc3c(nc(CF)nc3C(F)(F)F)C2)C1. The van der Waals surface area contributed by atoms with Crippen molar-refractivity contribution in [3.8, 4) is 0 Å². The third-order valence-corrected chi connectivity index (χ3v) is 5.48. The van der Waals surface area contributed by atoms with Crippen LogP contribution in [0, 0.1) is 5.92 Å². The predicted octanol–water partition coefficient (Wildman–Crippen LogP) is 1.83. The molecule has 0 unspecified atom stereocenters. The zero-order chi connectivity index (χ0) is 22.1. The van der Waals surface area contributed by atoms with Gasteiger partial charge in [0.2, 0.25) is 11.8 Å². The Morgan fingerprint density at radius 3 is 2.70 bits per heavy atom. The van der Waals surface area contributed by atoms with E-state index in [9.17, 15) is 27.2 Å². The van der Waals surface area contributed by atoms with E-state index < -0.39 is 30.4 Å². The van der Waals surface area contributed by atoms with Gasteiger partial charge in [-0.1, -0.05) is 6.92 Å². The van der Waals surface area contributed by atoms with Crippen molar-refractivity contribution in [3.05, 3.63) is 22.8 Å². The fourth-order valence-corrected chi connectivity index (χ4v) is 3.96. The minimum Gasteiger partial charge on any atom is -0.341 e. The fraction of sp³-hybridized carbons (Fsp3) is 0.684. The molecule has 0 aromatic carbocycles. The summed E-state index contributed by atoms with van der Waals surface area (Å²) < 4.78 is 52.7. The Labute approximate surface area is 171 Å². The molecule has 0 radical (unpaired) electrons. The summed E-state index contributed by atoms with van der Waals surface area (Å²) in [5.74, 6) is -0.501. The average molecular weight is 431 g/mol. The van der Waals surface area contributed by atoms with Crippen LogP contribution in [-0.2, 0) is 35.4 Å². The maximum Gasteiger partial charge on any atom is 0.433 e. The van der Waals surface area contributed by atoms with Crippen molar-refractivity contribution in [2.45, 2.75) is 58.0 Å². The highest BCUT2D eigenvalue weighted by Gasteiger charge is 2.39. The number of hydrogen-bond acceptors (Lipinski definition) is 5. The summed E-state index contributed by atoms with van der Waals surface area (Å²) >= 11 is 0. The molecular formula is C19H25F4N5O2. The Bertz CT molecular complexity index is 817. The summed E-state index contributed by atoms with van der Waals surface area (Å²) in [6.45, 7) is 1.59. The summed E-state index contributed by atoms with van der Waals surface area (Å²) in [6, 6.07) is -0.578. The molecule has 3 rings (SSSR count). The molecule has 0 aliphatic carbocycles. The number of piperidine rings is 1. The molecule has 166 valence electrons. The summed E-state index contributed by atoms with van der Waals surface area (Å²) in [4.78, 5) is 34.9. The van der Waals surface area contributed by atoms with Crippen LogP contribution in [0.25, 0.3) is 0 Å². The van der Waals surface area contributed by atoms with Gasteiger partial charge in [-0.3, -0.25) is 9.59 Å². The highest BCUT2D eigenvalue weighted by molar-refractivity contribution is 5.78. The molecule has 1 aromatic rings. The summed E-state index contributed by atoms with van der Waals surface area (Å²) in [5, 5.41) is 0. The number of rotatable bonds is 5. The molecule has 30 heavy (non-hydrogen) atoms. The Kier molecular flexibility index (Phi) is 6.59. The smallest absolute Gasteiger partial charge is 0.341 e. The number of halogens is 4. The number of nitrogens with zero attached hydrogens (tertiary/aromatic N) is 4. The van der Waals surface area contributed by atoms with Crippen molar-refractivity contribution >= 4 is 11.8 Å². The number of hydrogen-bond donors (Lipinski definition) is 1. The highest BCUT2D eigenvalue weighted by Crippen LogP contribution is 2.34. The van der Waals surface area contributed by atoms with E-state index in [0.29, 0.717) is 18.9 Å². The van der Waals surface area contributed by atoms with Gasteiger partial charge in [0.05, 0.1) is 12.2 Å². The molecule has 0 saturated carbocycles. The van der Waals surface area contributed by atoms with E-state index in [4.69, 9.17) is 5.73 Å². The van der Waals surface area contributed by atoms with Crippen LogP contribution >= 0.6 is 0 Å². The van der Waals surface area contributed by atoms with Crippen LogP contribution in [0.3, 0.4) is 0 Å². The molecule has 1 fully saturated rings. The second kappa shape index (κ2) is 8.83. The Morgan fingerprint density at radius 2 is 2.03 bits per heavy atom. The predicted molar refractivity (Wildman–Crippen MR) is 98.5 cm³/mol. The minimum atomic E-state index is -4.72. The number of alkyl halides is 4. The Hall–Kier alpha value is -2.30. The lowest BCUT2D eigenvalue weighted by Crippen LogP contribution is -2.48. The van der Waals surface area contributed by atoms with Crippen molar-refractivity contribution in [2.75, 3.05) is 19.6 Å². The first-order chi connectivity index (χ1) is 14.1. The molecule has 2 aliphatic heterocycles. The lowest BCUT2D eigenvalue weighted by atomic mass is 9.98. The molecule has 1 aromatic heterocycles. The van der Waals surface area contributed by atoms with Crippen LogP contribution in [0.4, 0.5) is 17.6 Å². The molecular weight excluding hydrogens is 406 g/mol. The molecule has 2 atom stereocenters. The second-order valence-corrected chi connectivity index (χ2v) is 8.02. The maximum absolute atomic E-state index is 13.3. The molecule has 7 nitrogen and oxygen atoms in total. The molecule has 0 spiro atoms. The van der Waals surface area contributed by atoms with Crippen LogP contribution in [-0.4, -0.2) is 57.3 Å². The van der Waals surface area contributed by atoms with Gasteiger partial charge in [-0.05, 0) is 18.8 Å². The number of nitrogens with two attached hydrogens (primary N) is 1. The van der Waals surface area contributed by atoms with E-state index in [1.54, 1.807) is 4.90 Å². The van der Waals surface area contributed by atoms with Crippen LogP contribution in [0.15, 0.2) is 0 Å². The van der Waals surface area contributed by atoms with E-state index in [2.05, 4.69) is 9.97 Å². The lowest BCUT2D eigenvalue weighted by Gasteiger charge is -2.34. The fourth-order valence-electron chi connectivity index (χ4n) is 3.96. The minimum absolute atomic E-state index is 0.0121. The molecule has 3 heterocycles. The maximum atomic E-state index is 13.3. The largest absolute Gasteiger partial charge is 0.433 e. The highest BCUT2D eigenvalue weighted by atomic mass is 19.4. The quantitative estimate of drug-likeness (QED) is 0.718. The van der Waals surface area contributed by atoms with Gasteiger partial charge in [0.25, 0.3) is 0 Å². The van der Waals surface area contributed by atoms with E-state index >= 15 is 0 Å². The van der Waals surface area contributed by atoms with Crippen molar-refractivity contribution in [1.29, 1.82) is 0 Å². The summed E-state index contributed by atoms with van der Waals surface area (Å²) in [7, 11) is 0. The van der Waals surface area contributed by atoms with Gasteiger partial charge >= 0.3 is 6.18 Å². The standard InChI is InChI=1S/C19H25F4N5O2/c1-11-2-3-16(29)28(8-11)9-12(24)6-17(30)27-5-4-13-14(10-27)25-15(7-20)26-18(13)19(21,22)23/h11-12H,2-10,24H2,1H3/t11-,12+/m1/s1. The first-order valence-corrected chi connectivity index (χ1v) is 9.91. The number of aromatic nitrogens is 2. The normalized spacial score (nSPS) is 20.9. The van der Waals surface area contributed by atoms with E-state index in [1.165, 1.54) is 4.90 Å². The topological polar surface area (TPSA) is 92.4 Å². The zero-order valence-electron chi connectivity index (χ0n) is 16.7. The summed E-state index contributed by atoms with van der Waals surface area (Å²) in [5.41, 5.74) is 4.85. The van der Waals surface area contributed by atoms with Gasteiger partial charge in [0.1, 0.15) is 6.67 Å². The van der Waals surface area contributed by atoms with Gasteiger partial charge < -0.3 is 15.5 Å². The molecule has 2 aliphatic rings. The molecule has 1 saturated heterocycles. The third-order valence-electron chi connectivity index (χ3n) is 5.48. The summed E-state index contributed by atoms with van der Waals surface area (Å²) in [6.07, 6.45) is -3.54. The van der Waals surface area contributed by atoms with Gasteiger partial charge in [-0.25, -0.2) is 14.4 Å². The molecule has 2 N–H and O–H groups in total. The molecule has 11 heteroatoms. The van der Waals surface area contributed by atoms with Gasteiger partial charge in [-0.2, -0.15) is 13.2 Å². The third kappa shape index (κ3) is 5.05. The van der Waals surface area contributed by atoms with Gasteiger partial charge in [-0.15, -0.1) is 0 Å². The van der Waals surface area contributed by atoms with Crippen molar-refractivity contribution in [1.82, 2.24) is 19.8 Å². The van der Waals surface area contributed by atoms with Crippen LogP contribution < -0.4 is 5.73 Å². The van der Waals surface area contributed by atoms with E-state index in [1.807, 2.05) is 6.92 Å². The second-order valence-electron chi connectivity index (χ2n) is 8.02. The van der Waals surface area contributed by atoms with Crippen molar-refractivity contribution in [2.24, 2.45) is 11.7 Å². The van der Waals surface area contributed by atoms with Crippen LogP contribution in [0.5, 0.6) is 0 Å². The van der Waals surface area contributed by atoms with Crippen molar-refractivity contribution in [3.63, 3.8) is 0 Å². The lowest BCUT2D eigenvalue weighted by molar-refractivity contribution is -0.142.